The minimum Gasteiger partial charge on any atom is -0.338 e. The first-order valence-corrected chi connectivity index (χ1v) is 5.90. The molecule has 0 bridgehead atoms. The minimum atomic E-state index is 0. The Kier molecular flexibility index (Phi) is 10.1. The van der Waals surface area contributed by atoms with Gasteiger partial charge < -0.3 is 4.90 Å². The number of carbonyl (C=O) groups is 1. The van der Waals surface area contributed by atoms with Gasteiger partial charge in [0.1, 0.15) is 0 Å². The molecule has 1 aromatic rings. The van der Waals surface area contributed by atoms with Gasteiger partial charge in [-0.2, -0.15) is 0 Å². The van der Waals surface area contributed by atoms with Crippen molar-refractivity contribution < 1.29 is 4.79 Å². The molecule has 0 saturated heterocycles. The Hall–Kier alpha value is -0.730. The molecule has 1 amide bonds. The van der Waals surface area contributed by atoms with Gasteiger partial charge in [-0.15, -0.1) is 24.8 Å². The van der Waals surface area contributed by atoms with Crippen molar-refractivity contribution >= 4 is 30.7 Å². The summed E-state index contributed by atoms with van der Waals surface area (Å²) in [7, 11) is 1.89. The van der Waals surface area contributed by atoms with Gasteiger partial charge in [-0.3, -0.25) is 4.79 Å². The van der Waals surface area contributed by atoms with Crippen LogP contribution in [0.25, 0.3) is 0 Å². The molecule has 0 aliphatic carbocycles. The van der Waals surface area contributed by atoms with Gasteiger partial charge >= 0.3 is 0 Å². The van der Waals surface area contributed by atoms with E-state index in [0.717, 1.165) is 12.0 Å². The Balaban J connectivity index is 0. The molecule has 0 radical (unpaired) electrons. The molecule has 0 aromatic heterocycles. The minimum absolute atomic E-state index is 0. The highest BCUT2D eigenvalue weighted by Gasteiger charge is 2.21. The highest BCUT2D eigenvalue weighted by atomic mass is 35.5. The first-order valence-electron chi connectivity index (χ1n) is 5.90. The van der Waals surface area contributed by atoms with Gasteiger partial charge in [0, 0.05) is 18.7 Å². The molecule has 1 unspecified atom stereocenters. The fourth-order valence-corrected chi connectivity index (χ4v) is 2.13. The number of hydrogen-bond acceptors (Lipinski definition) is 1. The molecular formula is C14H23Cl2NO. The van der Waals surface area contributed by atoms with Crippen molar-refractivity contribution in [2.75, 3.05) is 7.05 Å². The van der Waals surface area contributed by atoms with E-state index < -0.39 is 0 Å². The van der Waals surface area contributed by atoms with Crippen molar-refractivity contribution in [1.82, 2.24) is 4.90 Å². The smallest absolute Gasteiger partial charge is 0.253 e. The van der Waals surface area contributed by atoms with Gasteiger partial charge in [-0.1, -0.05) is 39.0 Å². The van der Waals surface area contributed by atoms with Crippen molar-refractivity contribution in [3.63, 3.8) is 0 Å². The van der Waals surface area contributed by atoms with Crippen molar-refractivity contribution in [2.24, 2.45) is 5.92 Å². The zero-order valence-electron chi connectivity index (χ0n) is 11.4. The molecule has 0 spiro atoms. The van der Waals surface area contributed by atoms with Crippen LogP contribution in [0, 0.1) is 5.92 Å². The third-order valence-electron chi connectivity index (χ3n) is 3.03. The molecular weight excluding hydrogens is 269 g/mol. The molecule has 4 heteroatoms. The quantitative estimate of drug-likeness (QED) is 0.820. The molecule has 1 rings (SSSR count). The van der Waals surface area contributed by atoms with Crippen molar-refractivity contribution in [2.45, 2.75) is 33.2 Å². The van der Waals surface area contributed by atoms with E-state index in [1.54, 1.807) is 0 Å². The molecule has 2 nitrogen and oxygen atoms in total. The second kappa shape index (κ2) is 9.23. The monoisotopic (exact) mass is 291 g/mol. The van der Waals surface area contributed by atoms with Crippen LogP contribution in [0.2, 0.25) is 0 Å². The van der Waals surface area contributed by atoms with Crippen molar-refractivity contribution in [3.8, 4) is 0 Å². The number of carbonyl (C=O) groups excluding carboxylic acids is 1. The Morgan fingerprint density at radius 1 is 1.17 bits per heavy atom. The van der Waals surface area contributed by atoms with Crippen LogP contribution in [-0.2, 0) is 0 Å². The van der Waals surface area contributed by atoms with Crippen LogP contribution in [0.4, 0.5) is 0 Å². The second-order valence-electron chi connectivity index (χ2n) is 4.50. The van der Waals surface area contributed by atoms with E-state index in [4.69, 9.17) is 0 Å². The molecule has 0 N–H and O–H groups in total. The highest BCUT2D eigenvalue weighted by molar-refractivity contribution is 5.94. The highest BCUT2D eigenvalue weighted by Crippen LogP contribution is 2.15. The normalized spacial score (nSPS) is 11.2. The topological polar surface area (TPSA) is 20.3 Å². The van der Waals surface area contributed by atoms with Crippen LogP contribution in [0.3, 0.4) is 0 Å². The van der Waals surface area contributed by atoms with Gasteiger partial charge in [0.2, 0.25) is 0 Å². The van der Waals surface area contributed by atoms with Crippen molar-refractivity contribution in [1.29, 1.82) is 0 Å². The summed E-state index contributed by atoms with van der Waals surface area (Å²) < 4.78 is 0. The lowest BCUT2D eigenvalue weighted by Crippen LogP contribution is -2.39. The number of amides is 1. The van der Waals surface area contributed by atoms with Gasteiger partial charge in [0.05, 0.1) is 0 Å². The summed E-state index contributed by atoms with van der Waals surface area (Å²) >= 11 is 0. The molecule has 0 fully saturated rings. The SMILES string of the molecule is CCC(C(C)C)N(C)C(=O)c1ccccc1.Cl.Cl. The first-order chi connectivity index (χ1) is 7.57. The van der Waals surface area contributed by atoms with E-state index in [2.05, 4.69) is 20.8 Å². The van der Waals surface area contributed by atoms with Crippen molar-refractivity contribution in [3.05, 3.63) is 35.9 Å². The maximum atomic E-state index is 12.2. The van der Waals surface area contributed by atoms with Gasteiger partial charge in [-0.25, -0.2) is 0 Å². The van der Waals surface area contributed by atoms with E-state index in [0.29, 0.717) is 12.0 Å². The zero-order chi connectivity index (χ0) is 12.1. The summed E-state index contributed by atoms with van der Waals surface area (Å²) in [6.07, 6.45) is 0.993. The Morgan fingerprint density at radius 2 is 1.67 bits per heavy atom. The second-order valence-corrected chi connectivity index (χ2v) is 4.50. The molecule has 0 heterocycles. The molecule has 1 atom stereocenters. The third-order valence-corrected chi connectivity index (χ3v) is 3.03. The summed E-state index contributed by atoms with van der Waals surface area (Å²) in [6.45, 7) is 6.44. The maximum absolute atomic E-state index is 12.2. The largest absolute Gasteiger partial charge is 0.338 e. The number of nitrogens with zero attached hydrogens (tertiary/aromatic N) is 1. The lowest BCUT2D eigenvalue weighted by atomic mass is 9.99. The fraction of sp³-hybridized carbons (Fsp3) is 0.500. The zero-order valence-corrected chi connectivity index (χ0v) is 13.1. The Bertz CT molecular complexity index is 341. The van der Waals surface area contributed by atoms with E-state index in [-0.39, 0.29) is 30.7 Å². The predicted molar refractivity (Wildman–Crippen MR) is 81.9 cm³/mol. The van der Waals surface area contributed by atoms with Crippen LogP contribution < -0.4 is 0 Å². The lowest BCUT2D eigenvalue weighted by Gasteiger charge is -2.30. The summed E-state index contributed by atoms with van der Waals surface area (Å²) in [4.78, 5) is 14.0. The molecule has 0 aliphatic heterocycles. The Labute approximate surface area is 123 Å². The standard InChI is InChI=1S/C14H21NO.2ClH/c1-5-13(11(2)3)15(4)14(16)12-9-7-6-8-10-12;;/h6-11,13H,5H2,1-4H3;2*1H. The predicted octanol–water partition coefficient (Wildman–Crippen LogP) is 4.04. The van der Waals surface area contributed by atoms with E-state index in [1.165, 1.54) is 0 Å². The third kappa shape index (κ3) is 4.87. The van der Waals surface area contributed by atoms with E-state index in [9.17, 15) is 4.79 Å². The van der Waals surface area contributed by atoms with Gasteiger partial charge in [0.15, 0.2) is 0 Å². The lowest BCUT2D eigenvalue weighted by molar-refractivity contribution is 0.0684. The Morgan fingerprint density at radius 3 is 2.06 bits per heavy atom. The van der Waals surface area contributed by atoms with Crippen LogP contribution in [-0.4, -0.2) is 23.9 Å². The number of benzene rings is 1. The molecule has 0 aliphatic rings. The van der Waals surface area contributed by atoms with Crippen LogP contribution in [0.15, 0.2) is 30.3 Å². The average Bonchev–Trinajstić information content (AvgIpc) is 2.29. The van der Waals surface area contributed by atoms with Crippen LogP contribution in [0.5, 0.6) is 0 Å². The van der Waals surface area contributed by atoms with Gasteiger partial charge in [0.25, 0.3) is 5.91 Å². The molecule has 1 aromatic carbocycles. The number of halogens is 2. The van der Waals surface area contributed by atoms with E-state index >= 15 is 0 Å². The summed E-state index contributed by atoms with van der Waals surface area (Å²) in [6, 6.07) is 9.77. The summed E-state index contributed by atoms with van der Waals surface area (Å²) in [5.41, 5.74) is 0.768. The van der Waals surface area contributed by atoms with E-state index in [1.807, 2.05) is 42.3 Å². The average molecular weight is 292 g/mol. The summed E-state index contributed by atoms with van der Waals surface area (Å²) in [5.74, 6) is 0.601. The summed E-state index contributed by atoms with van der Waals surface area (Å²) in [5, 5.41) is 0. The maximum Gasteiger partial charge on any atom is 0.253 e. The first kappa shape index (κ1) is 19.6. The van der Waals surface area contributed by atoms with Crippen LogP contribution >= 0.6 is 24.8 Å². The molecule has 0 saturated carbocycles. The number of rotatable bonds is 4. The van der Waals surface area contributed by atoms with Crippen LogP contribution in [0.1, 0.15) is 37.6 Å². The molecule has 104 valence electrons. The van der Waals surface area contributed by atoms with Gasteiger partial charge in [-0.05, 0) is 24.5 Å². The molecule has 18 heavy (non-hydrogen) atoms. The fourth-order valence-electron chi connectivity index (χ4n) is 2.13. The number of hydrogen-bond donors (Lipinski definition) is 0.